The van der Waals surface area contributed by atoms with Gasteiger partial charge in [0.15, 0.2) is 0 Å². The Bertz CT molecular complexity index is 618. The van der Waals surface area contributed by atoms with Gasteiger partial charge in [0.25, 0.3) is 0 Å². The van der Waals surface area contributed by atoms with Crippen molar-refractivity contribution in [1.82, 2.24) is 0 Å². The zero-order chi connectivity index (χ0) is 15.6. The Labute approximate surface area is 126 Å². The van der Waals surface area contributed by atoms with E-state index >= 15 is 0 Å². The molecule has 0 amide bonds. The maximum Gasteiger partial charge on any atom is 0.122 e. The van der Waals surface area contributed by atoms with Gasteiger partial charge in [-0.2, -0.15) is 0 Å². The van der Waals surface area contributed by atoms with Gasteiger partial charge >= 0.3 is 0 Å². The summed E-state index contributed by atoms with van der Waals surface area (Å²) in [5.41, 5.74) is 5.00. The van der Waals surface area contributed by atoms with Gasteiger partial charge in [-0.3, -0.25) is 0 Å². The molecule has 0 heterocycles. The summed E-state index contributed by atoms with van der Waals surface area (Å²) in [7, 11) is 5.67. The second-order valence-electron chi connectivity index (χ2n) is 5.57. The molecule has 1 unspecified atom stereocenters. The molecule has 0 saturated carbocycles. The van der Waals surface area contributed by atoms with E-state index in [2.05, 4.69) is 0 Å². The first-order valence-corrected chi connectivity index (χ1v) is 7.04. The molecule has 2 rings (SSSR count). The zero-order valence-electron chi connectivity index (χ0n) is 13.3. The van der Waals surface area contributed by atoms with Gasteiger partial charge in [-0.25, -0.2) is 0 Å². The summed E-state index contributed by atoms with van der Waals surface area (Å²) in [5, 5.41) is 10.6. The lowest BCUT2D eigenvalue weighted by Crippen LogP contribution is -2.09. The molecule has 1 N–H and O–H groups in total. The van der Waals surface area contributed by atoms with Crippen LogP contribution in [0.2, 0.25) is 0 Å². The number of rotatable bonds is 4. The number of hydrogen-bond donors (Lipinski definition) is 1. The van der Waals surface area contributed by atoms with Crippen LogP contribution in [0.4, 0.5) is 5.69 Å². The lowest BCUT2D eigenvalue weighted by atomic mass is 9.95. The van der Waals surface area contributed by atoms with Gasteiger partial charge in [-0.15, -0.1) is 0 Å². The maximum absolute atomic E-state index is 10.6. The first-order valence-electron chi connectivity index (χ1n) is 7.04. The molecule has 2 aromatic carbocycles. The standard InChI is InChI=1S/C18H23NO2/c1-12-11-17(21-5)13(2)10-16(12)18(20)14-6-8-15(9-7-14)19(3)4/h6-11,18,20H,1-5H3. The van der Waals surface area contributed by atoms with Crippen LogP contribution in [0.15, 0.2) is 36.4 Å². The Morgan fingerprint density at radius 3 is 2.14 bits per heavy atom. The quantitative estimate of drug-likeness (QED) is 0.934. The predicted molar refractivity (Wildman–Crippen MR) is 87.3 cm³/mol. The van der Waals surface area contributed by atoms with E-state index in [9.17, 15) is 5.11 Å². The molecule has 0 aliphatic heterocycles. The van der Waals surface area contributed by atoms with E-state index in [0.29, 0.717) is 0 Å². The molecule has 3 nitrogen and oxygen atoms in total. The zero-order valence-corrected chi connectivity index (χ0v) is 13.3. The highest BCUT2D eigenvalue weighted by Gasteiger charge is 2.15. The van der Waals surface area contributed by atoms with Gasteiger partial charge < -0.3 is 14.7 Å². The molecular formula is C18H23NO2. The Morgan fingerprint density at radius 2 is 1.62 bits per heavy atom. The van der Waals surface area contributed by atoms with E-state index in [4.69, 9.17) is 4.74 Å². The first kappa shape index (κ1) is 15.4. The average Bonchev–Trinajstić information content (AvgIpc) is 2.48. The van der Waals surface area contributed by atoms with E-state index in [1.54, 1.807) is 7.11 Å². The number of benzene rings is 2. The van der Waals surface area contributed by atoms with Crippen molar-refractivity contribution in [3.8, 4) is 5.75 Å². The highest BCUT2D eigenvalue weighted by atomic mass is 16.5. The fourth-order valence-corrected chi connectivity index (χ4v) is 2.46. The van der Waals surface area contributed by atoms with Gasteiger partial charge in [0, 0.05) is 19.8 Å². The number of methoxy groups -OCH3 is 1. The summed E-state index contributed by atoms with van der Waals surface area (Å²) in [6, 6.07) is 12.0. The second-order valence-corrected chi connectivity index (χ2v) is 5.57. The molecular weight excluding hydrogens is 262 g/mol. The average molecular weight is 285 g/mol. The Morgan fingerprint density at radius 1 is 1.00 bits per heavy atom. The second kappa shape index (κ2) is 6.19. The number of ether oxygens (including phenoxy) is 1. The smallest absolute Gasteiger partial charge is 0.122 e. The van der Waals surface area contributed by atoms with Crippen LogP contribution in [0.1, 0.15) is 28.4 Å². The molecule has 21 heavy (non-hydrogen) atoms. The molecule has 0 aliphatic rings. The summed E-state index contributed by atoms with van der Waals surface area (Å²) in [6.45, 7) is 3.98. The number of aliphatic hydroxyl groups excluding tert-OH is 1. The molecule has 112 valence electrons. The molecule has 0 saturated heterocycles. The lowest BCUT2D eigenvalue weighted by molar-refractivity contribution is 0.219. The van der Waals surface area contributed by atoms with Crippen LogP contribution in [0.3, 0.4) is 0 Å². The van der Waals surface area contributed by atoms with Gasteiger partial charge in [0.2, 0.25) is 0 Å². The van der Waals surface area contributed by atoms with Crippen LogP contribution in [0.25, 0.3) is 0 Å². The molecule has 0 bridgehead atoms. The molecule has 0 aliphatic carbocycles. The summed E-state index contributed by atoms with van der Waals surface area (Å²) in [5.74, 6) is 0.853. The van der Waals surface area contributed by atoms with E-state index in [-0.39, 0.29) is 0 Å². The van der Waals surface area contributed by atoms with Gasteiger partial charge in [-0.05, 0) is 60.4 Å². The van der Waals surface area contributed by atoms with Crippen molar-refractivity contribution in [1.29, 1.82) is 0 Å². The van der Waals surface area contributed by atoms with Crippen molar-refractivity contribution < 1.29 is 9.84 Å². The van der Waals surface area contributed by atoms with Crippen LogP contribution in [0.5, 0.6) is 5.75 Å². The van der Waals surface area contributed by atoms with E-state index in [0.717, 1.165) is 33.7 Å². The topological polar surface area (TPSA) is 32.7 Å². The van der Waals surface area contributed by atoms with Crippen LogP contribution in [-0.2, 0) is 0 Å². The summed E-state index contributed by atoms with van der Waals surface area (Å²) in [6.07, 6.45) is -0.620. The first-order chi connectivity index (χ1) is 9.93. The van der Waals surface area contributed by atoms with Gasteiger partial charge in [-0.1, -0.05) is 12.1 Å². The number of anilines is 1. The molecule has 3 heteroatoms. The third-order valence-corrected chi connectivity index (χ3v) is 3.80. The molecule has 0 radical (unpaired) electrons. The fraction of sp³-hybridized carbons (Fsp3) is 0.333. The predicted octanol–water partition coefficient (Wildman–Crippen LogP) is 3.46. The van der Waals surface area contributed by atoms with Crippen LogP contribution < -0.4 is 9.64 Å². The summed E-state index contributed by atoms with van der Waals surface area (Å²) < 4.78 is 5.32. The Kier molecular flexibility index (Phi) is 4.53. The number of nitrogens with zero attached hydrogens (tertiary/aromatic N) is 1. The number of aryl methyl sites for hydroxylation is 2. The van der Waals surface area contributed by atoms with Crippen molar-refractivity contribution in [3.05, 3.63) is 58.7 Å². The third kappa shape index (κ3) is 3.19. The summed E-state index contributed by atoms with van der Waals surface area (Å²) >= 11 is 0. The van der Waals surface area contributed by atoms with Crippen molar-refractivity contribution in [2.75, 3.05) is 26.1 Å². The van der Waals surface area contributed by atoms with Crippen LogP contribution in [-0.4, -0.2) is 26.3 Å². The van der Waals surface area contributed by atoms with E-state index < -0.39 is 6.10 Å². The fourth-order valence-electron chi connectivity index (χ4n) is 2.46. The molecule has 0 fully saturated rings. The van der Waals surface area contributed by atoms with Crippen LogP contribution in [0, 0.1) is 13.8 Å². The highest BCUT2D eigenvalue weighted by Crippen LogP contribution is 2.30. The van der Waals surface area contributed by atoms with Gasteiger partial charge in [0.05, 0.1) is 7.11 Å². The van der Waals surface area contributed by atoms with E-state index in [1.807, 2.05) is 69.2 Å². The minimum Gasteiger partial charge on any atom is -0.496 e. The van der Waals surface area contributed by atoms with Crippen molar-refractivity contribution in [2.45, 2.75) is 20.0 Å². The normalized spacial score (nSPS) is 12.1. The summed E-state index contributed by atoms with van der Waals surface area (Å²) in [4.78, 5) is 2.04. The largest absolute Gasteiger partial charge is 0.496 e. The Balaban J connectivity index is 2.35. The van der Waals surface area contributed by atoms with Gasteiger partial charge in [0.1, 0.15) is 11.9 Å². The highest BCUT2D eigenvalue weighted by molar-refractivity contribution is 5.49. The van der Waals surface area contributed by atoms with Crippen molar-refractivity contribution >= 4 is 5.69 Å². The van der Waals surface area contributed by atoms with E-state index in [1.165, 1.54) is 0 Å². The maximum atomic E-state index is 10.6. The monoisotopic (exact) mass is 285 g/mol. The number of hydrogen-bond acceptors (Lipinski definition) is 3. The molecule has 2 aromatic rings. The van der Waals surface area contributed by atoms with Crippen molar-refractivity contribution in [3.63, 3.8) is 0 Å². The Hall–Kier alpha value is -2.00. The SMILES string of the molecule is COc1cc(C)c(C(O)c2ccc(N(C)C)cc2)cc1C. The molecule has 0 spiro atoms. The minimum atomic E-state index is -0.620. The van der Waals surface area contributed by atoms with Crippen LogP contribution >= 0.6 is 0 Å². The molecule has 1 atom stereocenters. The minimum absolute atomic E-state index is 0.620. The number of aliphatic hydroxyl groups is 1. The third-order valence-electron chi connectivity index (χ3n) is 3.80. The molecule has 0 aromatic heterocycles. The lowest BCUT2D eigenvalue weighted by Gasteiger charge is -2.18. The van der Waals surface area contributed by atoms with Crippen molar-refractivity contribution in [2.24, 2.45) is 0 Å².